The molecule has 0 aromatic heterocycles. The van der Waals surface area contributed by atoms with Gasteiger partial charge in [0, 0.05) is 12.0 Å². The van der Waals surface area contributed by atoms with Crippen LogP contribution in [-0.2, 0) is 9.59 Å². The van der Waals surface area contributed by atoms with E-state index in [2.05, 4.69) is 0 Å². The second-order valence-electron chi connectivity index (χ2n) is 4.19. The molecular weight excluding hydrogens is 244 g/mol. The second kappa shape index (κ2) is 4.72. The Morgan fingerprint density at radius 3 is 2.50 bits per heavy atom. The van der Waals surface area contributed by atoms with Crippen molar-refractivity contribution in [3.8, 4) is 0 Å². The molecule has 0 heterocycles. The molecule has 1 aromatic rings. The van der Waals surface area contributed by atoms with Crippen molar-refractivity contribution in [2.45, 2.75) is 12.8 Å². The van der Waals surface area contributed by atoms with Crippen LogP contribution in [0.2, 0.25) is 0 Å². The molecule has 1 fully saturated rings. The molecule has 0 aliphatic heterocycles. The standard InChI is InChI=1S/C12H11F2NO3/c13-8-3-4-10(9(14)5-8)15(6-11(16)17)12(18)7-1-2-7/h3-5,7H,1-2,6H2,(H,16,17). The fourth-order valence-corrected chi connectivity index (χ4v) is 1.67. The zero-order valence-corrected chi connectivity index (χ0v) is 9.40. The average Bonchev–Trinajstić information content (AvgIpc) is 3.09. The Bertz CT molecular complexity index is 500. The van der Waals surface area contributed by atoms with Gasteiger partial charge in [0.25, 0.3) is 0 Å². The maximum Gasteiger partial charge on any atom is 0.323 e. The van der Waals surface area contributed by atoms with Crippen LogP contribution in [0, 0.1) is 17.6 Å². The molecular formula is C12H11F2NO3. The molecule has 0 atom stereocenters. The van der Waals surface area contributed by atoms with Crippen molar-refractivity contribution in [2.24, 2.45) is 5.92 Å². The van der Waals surface area contributed by atoms with E-state index in [-0.39, 0.29) is 11.6 Å². The van der Waals surface area contributed by atoms with Gasteiger partial charge in [-0.1, -0.05) is 0 Å². The summed E-state index contributed by atoms with van der Waals surface area (Å²) in [6.45, 7) is -0.627. The number of nitrogens with zero attached hydrogens (tertiary/aromatic N) is 1. The molecule has 1 aromatic carbocycles. The van der Waals surface area contributed by atoms with Gasteiger partial charge >= 0.3 is 5.97 Å². The number of hydrogen-bond acceptors (Lipinski definition) is 2. The molecule has 1 N–H and O–H groups in total. The highest BCUT2D eigenvalue weighted by molar-refractivity contribution is 5.99. The van der Waals surface area contributed by atoms with E-state index in [1.54, 1.807) is 0 Å². The van der Waals surface area contributed by atoms with Gasteiger partial charge in [-0.15, -0.1) is 0 Å². The van der Waals surface area contributed by atoms with E-state index in [9.17, 15) is 18.4 Å². The Morgan fingerprint density at radius 2 is 2.00 bits per heavy atom. The summed E-state index contributed by atoms with van der Waals surface area (Å²) in [6.07, 6.45) is 1.36. The van der Waals surface area contributed by atoms with Gasteiger partial charge in [0.2, 0.25) is 5.91 Å². The summed E-state index contributed by atoms with van der Waals surface area (Å²) < 4.78 is 26.4. The maximum absolute atomic E-state index is 13.6. The van der Waals surface area contributed by atoms with Crippen LogP contribution >= 0.6 is 0 Å². The Kier molecular flexibility index (Phi) is 3.27. The van der Waals surface area contributed by atoms with Crippen molar-refractivity contribution < 1.29 is 23.5 Å². The summed E-state index contributed by atoms with van der Waals surface area (Å²) in [5.41, 5.74) is -0.198. The zero-order chi connectivity index (χ0) is 13.3. The predicted octanol–water partition coefficient (Wildman–Crippen LogP) is 1.79. The summed E-state index contributed by atoms with van der Waals surface area (Å²) in [7, 11) is 0. The molecule has 6 heteroatoms. The van der Waals surface area contributed by atoms with Gasteiger partial charge in [-0.3, -0.25) is 14.5 Å². The van der Waals surface area contributed by atoms with E-state index < -0.39 is 30.1 Å². The van der Waals surface area contributed by atoms with Crippen molar-refractivity contribution in [1.29, 1.82) is 0 Å². The number of carboxylic acids is 1. The quantitative estimate of drug-likeness (QED) is 0.892. The predicted molar refractivity (Wildman–Crippen MR) is 59.1 cm³/mol. The molecule has 96 valence electrons. The highest BCUT2D eigenvalue weighted by Gasteiger charge is 2.35. The van der Waals surface area contributed by atoms with Crippen LogP contribution in [0.1, 0.15) is 12.8 Å². The third-order valence-electron chi connectivity index (χ3n) is 2.69. The summed E-state index contributed by atoms with van der Waals surface area (Å²) in [6, 6.07) is 2.70. The minimum Gasteiger partial charge on any atom is -0.480 e. The fourth-order valence-electron chi connectivity index (χ4n) is 1.67. The first-order valence-corrected chi connectivity index (χ1v) is 5.47. The van der Waals surface area contributed by atoms with Crippen LogP contribution in [0.4, 0.5) is 14.5 Å². The largest absolute Gasteiger partial charge is 0.480 e. The number of benzene rings is 1. The lowest BCUT2D eigenvalue weighted by Gasteiger charge is -2.21. The number of halogens is 2. The minimum absolute atomic E-state index is 0.198. The van der Waals surface area contributed by atoms with Crippen LogP contribution < -0.4 is 4.90 Å². The van der Waals surface area contributed by atoms with Gasteiger partial charge in [0.1, 0.15) is 18.2 Å². The van der Waals surface area contributed by atoms with Crippen molar-refractivity contribution in [3.63, 3.8) is 0 Å². The van der Waals surface area contributed by atoms with E-state index in [1.807, 2.05) is 0 Å². The van der Waals surface area contributed by atoms with E-state index in [1.165, 1.54) is 0 Å². The summed E-state index contributed by atoms with van der Waals surface area (Å²) in [5.74, 6) is -3.62. The number of rotatable bonds is 4. The van der Waals surface area contributed by atoms with E-state index in [0.29, 0.717) is 18.9 Å². The molecule has 0 radical (unpaired) electrons. The highest BCUT2D eigenvalue weighted by Crippen LogP contribution is 2.33. The zero-order valence-electron chi connectivity index (χ0n) is 9.40. The van der Waals surface area contributed by atoms with E-state index in [0.717, 1.165) is 17.0 Å². The smallest absolute Gasteiger partial charge is 0.323 e. The molecule has 0 spiro atoms. The number of aliphatic carboxylic acids is 1. The molecule has 18 heavy (non-hydrogen) atoms. The van der Waals surface area contributed by atoms with E-state index >= 15 is 0 Å². The lowest BCUT2D eigenvalue weighted by atomic mass is 10.2. The second-order valence-corrected chi connectivity index (χ2v) is 4.19. The first kappa shape index (κ1) is 12.5. The Balaban J connectivity index is 2.32. The Labute approximate surface area is 102 Å². The Morgan fingerprint density at radius 1 is 1.33 bits per heavy atom. The fraction of sp³-hybridized carbons (Fsp3) is 0.333. The van der Waals surface area contributed by atoms with Gasteiger partial charge in [0.05, 0.1) is 5.69 Å². The van der Waals surface area contributed by atoms with Crippen LogP contribution in [0.15, 0.2) is 18.2 Å². The number of carbonyl (C=O) groups excluding carboxylic acids is 1. The molecule has 1 amide bonds. The average molecular weight is 255 g/mol. The summed E-state index contributed by atoms with van der Waals surface area (Å²) in [4.78, 5) is 23.5. The van der Waals surface area contributed by atoms with Crippen LogP contribution in [0.5, 0.6) is 0 Å². The first-order chi connectivity index (χ1) is 8.49. The van der Waals surface area contributed by atoms with Gasteiger partial charge in [-0.2, -0.15) is 0 Å². The third-order valence-corrected chi connectivity index (χ3v) is 2.69. The number of carbonyl (C=O) groups is 2. The molecule has 2 rings (SSSR count). The normalized spacial score (nSPS) is 14.3. The maximum atomic E-state index is 13.6. The molecule has 1 aliphatic rings. The van der Waals surface area contributed by atoms with Crippen molar-refractivity contribution in [1.82, 2.24) is 0 Å². The molecule has 0 bridgehead atoms. The van der Waals surface area contributed by atoms with Crippen molar-refractivity contribution >= 4 is 17.6 Å². The van der Waals surface area contributed by atoms with Gasteiger partial charge in [0.15, 0.2) is 0 Å². The molecule has 4 nitrogen and oxygen atoms in total. The lowest BCUT2D eigenvalue weighted by molar-refractivity contribution is -0.136. The Hall–Kier alpha value is -1.98. The van der Waals surface area contributed by atoms with Crippen LogP contribution in [0.3, 0.4) is 0 Å². The van der Waals surface area contributed by atoms with Crippen molar-refractivity contribution in [3.05, 3.63) is 29.8 Å². The third kappa shape index (κ3) is 2.64. The highest BCUT2D eigenvalue weighted by atomic mass is 19.1. The summed E-state index contributed by atoms with van der Waals surface area (Å²) in [5, 5.41) is 8.75. The SMILES string of the molecule is O=C(O)CN(C(=O)C1CC1)c1ccc(F)cc1F. The molecule has 0 saturated heterocycles. The van der Waals surface area contributed by atoms with Gasteiger partial charge < -0.3 is 5.11 Å². The first-order valence-electron chi connectivity index (χ1n) is 5.47. The molecule has 1 saturated carbocycles. The number of amides is 1. The number of anilines is 1. The number of carboxylic acid groups (broad SMARTS) is 1. The van der Waals surface area contributed by atoms with Crippen LogP contribution in [0.25, 0.3) is 0 Å². The van der Waals surface area contributed by atoms with E-state index in [4.69, 9.17) is 5.11 Å². The number of hydrogen-bond donors (Lipinski definition) is 1. The monoisotopic (exact) mass is 255 g/mol. The topological polar surface area (TPSA) is 57.6 Å². The van der Waals surface area contributed by atoms with Gasteiger partial charge in [-0.05, 0) is 25.0 Å². The minimum atomic E-state index is -1.24. The van der Waals surface area contributed by atoms with Gasteiger partial charge in [-0.25, -0.2) is 8.78 Å². The van der Waals surface area contributed by atoms with Crippen molar-refractivity contribution in [2.75, 3.05) is 11.4 Å². The van der Waals surface area contributed by atoms with Crippen LogP contribution in [-0.4, -0.2) is 23.5 Å². The molecule has 0 unspecified atom stereocenters. The lowest BCUT2D eigenvalue weighted by Crippen LogP contribution is -2.37. The molecule has 1 aliphatic carbocycles. The summed E-state index contributed by atoms with van der Waals surface area (Å²) >= 11 is 0.